The number of nitrogens with zero attached hydrogens (tertiary/aromatic N) is 2. The predicted molar refractivity (Wildman–Crippen MR) is 95.3 cm³/mol. The molecule has 134 valence electrons. The number of carbonyl (C=O) groups excluding carboxylic acids is 1. The molecule has 0 saturated heterocycles. The lowest BCUT2D eigenvalue weighted by Gasteiger charge is -2.22. The van der Waals surface area contributed by atoms with Crippen LogP contribution in [0.1, 0.15) is 29.9 Å². The van der Waals surface area contributed by atoms with Gasteiger partial charge in [0, 0.05) is 0 Å². The van der Waals surface area contributed by atoms with Gasteiger partial charge in [-0.05, 0) is 42.3 Å². The number of benzene rings is 1. The molecule has 0 saturated carbocycles. The number of aliphatic carboxylic acids is 1. The Morgan fingerprint density at radius 1 is 1.32 bits per heavy atom. The zero-order chi connectivity index (χ0) is 18.6. The van der Waals surface area contributed by atoms with E-state index in [0.29, 0.717) is 0 Å². The van der Waals surface area contributed by atoms with Crippen LogP contribution in [0.5, 0.6) is 0 Å². The van der Waals surface area contributed by atoms with E-state index in [4.69, 9.17) is 4.74 Å². The summed E-state index contributed by atoms with van der Waals surface area (Å²) in [5.74, 6) is -1.16. The molecule has 0 aliphatic heterocycles. The van der Waals surface area contributed by atoms with Gasteiger partial charge in [-0.1, -0.05) is 30.3 Å². The van der Waals surface area contributed by atoms with E-state index in [2.05, 4.69) is 26.3 Å². The molecule has 1 heterocycles. The Balaban J connectivity index is 2.06. The Bertz CT molecular complexity index is 761. The number of ether oxygens (including phenoxy) is 1. The molecule has 2 atom stereocenters. The van der Waals surface area contributed by atoms with E-state index in [0.717, 1.165) is 21.4 Å². The molecule has 2 aromatic rings. The standard InChI is InChI=1S/C17H20BrN3O4/c1-10-14(18)11(2)21(20-10)12(3)15(16(22)23)19-17(24)25-9-13-7-5-4-6-8-13/h4-8,12,15H,9H2,1-3H3,(H,19,24)(H,22,23). The van der Waals surface area contributed by atoms with Crippen LogP contribution in [-0.2, 0) is 16.1 Å². The van der Waals surface area contributed by atoms with Crippen LogP contribution in [0.4, 0.5) is 4.79 Å². The van der Waals surface area contributed by atoms with Gasteiger partial charge in [0.25, 0.3) is 0 Å². The van der Waals surface area contributed by atoms with Crippen LogP contribution < -0.4 is 5.32 Å². The van der Waals surface area contributed by atoms with E-state index >= 15 is 0 Å². The number of alkyl carbamates (subject to hydrolysis) is 1. The summed E-state index contributed by atoms with van der Waals surface area (Å²) in [6.07, 6.45) is -0.788. The lowest BCUT2D eigenvalue weighted by atomic mass is 10.1. The topological polar surface area (TPSA) is 93.5 Å². The summed E-state index contributed by atoms with van der Waals surface area (Å²) in [5, 5.41) is 16.2. The number of carboxylic acids is 1. The van der Waals surface area contributed by atoms with Crippen molar-refractivity contribution < 1.29 is 19.4 Å². The Hall–Kier alpha value is -2.35. The molecule has 2 rings (SSSR count). The first kappa shape index (κ1) is 19.0. The number of aromatic nitrogens is 2. The molecule has 7 nitrogen and oxygen atoms in total. The SMILES string of the molecule is Cc1nn(C(C)C(NC(=O)OCc2ccccc2)C(=O)O)c(C)c1Br. The lowest BCUT2D eigenvalue weighted by Crippen LogP contribution is -2.46. The van der Waals surface area contributed by atoms with Crippen molar-refractivity contribution in [3.05, 3.63) is 51.8 Å². The molecule has 2 unspecified atom stereocenters. The van der Waals surface area contributed by atoms with E-state index in [1.165, 1.54) is 0 Å². The second kappa shape index (κ2) is 8.15. The summed E-state index contributed by atoms with van der Waals surface area (Å²) in [6.45, 7) is 5.39. The maximum absolute atomic E-state index is 12.0. The fraction of sp³-hybridized carbons (Fsp3) is 0.353. The van der Waals surface area contributed by atoms with Crippen molar-refractivity contribution in [2.45, 2.75) is 39.5 Å². The van der Waals surface area contributed by atoms with Gasteiger partial charge >= 0.3 is 12.1 Å². The minimum Gasteiger partial charge on any atom is -0.480 e. The zero-order valence-electron chi connectivity index (χ0n) is 14.2. The Morgan fingerprint density at radius 3 is 2.48 bits per heavy atom. The predicted octanol–water partition coefficient (Wildman–Crippen LogP) is 3.20. The molecule has 25 heavy (non-hydrogen) atoms. The van der Waals surface area contributed by atoms with Crippen molar-refractivity contribution >= 4 is 28.0 Å². The lowest BCUT2D eigenvalue weighted by molar-refractivity contribution is -0.140. The van der Waals surface area contributed by atoms with Crippen LogP contribution in [0.15, 0.2) is 34.8 Å². The molecule has 2 N–H and O–H groups in total. The number of hydrogen-bond acceptors (Lipinski definition) is 4. The van der Waals surface area contributed by atoms with Gasteiger partial charge in [-0.25, -0.2) is 9.59 Å². The molecule has 0 spiro atoms. The number of amides is 1. The molecule has 8 heteroatoms. The number of carbonyl (C=O) groups is 2. The summed E-state index contributed by atoms with van der Waals surface area (Å²) >= 11 is 3.41. The van der Waals surface area contributed by atoms with Crippen molar-refractivity contribution in [1.29, 1.82) is 0 Å². The van der Waals surface area contributed by atoms with Crippen LogP contribution in [0.2, 0.25) is 0 Å². The molecule has 0 aliphatic rings. The summed E-state index contributed by atoms with van der Waals surface area (Å²) in [5.41, 5.74) is 2.36. The van der Waals surface area contributed by atoms with Gasteiger partial charge in [0.15, 0.2) is 6.04 Å². The fourth-order valence-electron chi connectivity index (χ4n) is 2.46. The Kier molecular flexibility index (Phi) is 6.19. The van der Waals surface area contributed by atoms with Crippen molar-refractivity contribution in [3.63, 3.8) is 0 Å². The summed E-state index contributed by atoms with van der Waals surface area (Å²) in [6, 6.07) is 7.40. The number of carboxylic acid groups (broad SMARTS) is 1. The molecule has 0 aliphatic carbocycles. The van der Waals surface area contributed by atoms with E-state index in [1.807, 2.05) is 44.2 Å². The Labute approximate surface area is 154 Å². The first-order valence-electron chi connectivity index (χ1n) is 7.72. The van der Waals surface area contributed by atoms with Crippen LogP contribution >= 0.6 is 15.9 Å². The highest BCUT2D eigenvalue weighted by Crippen LogP contribution is 2.24. The van der Waals surface area contributed by atoms with Gasteiger partial charge < -0.3 is 15.2 Å². The molecule has 0 fully saturated rings. The van der Waals surface area contributed by atoms with Crippen LogP contribution in [0.3, 0.4) is 0 Å². The maximum Gasteiger partial charge on any atom is 0.408 e. The number of nitrogens with one attached hydrogen (secondary N) is 1. The highest BCUT2D eigenvalue weighted by Gasteiger charge is 2.30. The minimum absolute atomic E-state index is 0.0683. The number of aryl methyl sites for hydroxylation is 1. The van der Waals surface area contributed by atoms with Crippen molar-refractivity contribution in [3.8, 4) is 0 Å². The van der Waals surface area contributed by atoms with Crippen molar-refractivity contribution in [2.75, 3.05) is 0 Å². The summed E-state index contributed by atoms with van der Waals surface area (Å²) in [4.78, 5) is 23.6. The van der Waals surface area contributed by atoms with Gasteiger partial charge in [0.05, 0.1) is 21.9 Å². The Morgan fingerprint density at radius 2 is 1.96 bits per heavy atom. The second-order valence-electron chi connectivity index (χ2n) is 5.69. The quantitative estimate of drug-likeness (QED) is 0.763. The first-order valence-corrected chi connectivity index (χ1v) is 8.51. The van der Waals surface area contributed by atoms with Gasteiger partial charge in [0.2, 0.25) is 0 Å². The number of hydrogen-bond donors (Lipinski definition) is 2. The molecular formula is C17H20BrN3O4. The van der Waals surface area contributed by atoms with E-state index < -0.39 is 24.1 Å². The smallest absolute Gasteiger partial charge is 0.408 e. The van der Waals surface area contributed by atoms with Gasteiger partial charge in [-0.3, -0.25) is 4.68 Å². The molecule has 0 radical (unpaired) electrons. The molecule has 1 aromatic heterocycles. The first-order chi connectivity index (χ1) is 11.8. The van der Waals surface area contributed by atoms with Crippen LogP contribution in [0, 0.1) is 13.8 Å². The van der Waals surface area contributed by atoms with Crippen molar-refractivity contribution in [1.82, 2.24) is 15.1 Å². The fourth-order valence-corrected chi connectivity index (χ4v) is 2.72. The summed E-state index contributed by atoms with van der Waals surface area (Å²) in [7, 11) is 0. The average Bonchev–Trinajstić information content (AvgIpc) is 2.85. The minimum atomic E-state index is -1.17. The van der Waals surface area contributed by atoms with Gasteiger partial charge in [-0.15, -0.1) is 0 Å². The molecule has 1 aromatic carbocycles. The van der Waals surface area contributed by atoms with Gasteiger partial charge in [-0.2, -0.15) is 5.10 Å². The molecular weight excluding hydrogens is 390 g/mol. The summed E-state index contributed by atoms with van der Waals surface area (Å²) < 4.78 is 7.50. The average molecular weight is 410 g/mol. The largest absolute Gasteiger partial charge is 0.480 e. The third-order valence-electron chi connectivity index (χ3n) is 3.86. The highest BCUT2D eigenvalue weighted by molar-refractivity contribution is 9.10. The highest BCUT2D eigenvalue weighted by atomic mass is 79.9. The number of rotatable bonds is 6. The zero-order valence-corrected chi connectivity index (χ0v) is 15.8. The normalized spacial score (nSPS) is 13.1. The third-order valence-corrected chi connectivity index (χ3v) is 5.00. The molecule has 1 amide bonds. The van der Waals surface area contributed by atoms with Crippen LogP contribution in [-0.4, -0.2) is 33.0 Å². The van der Waals surface area contributed by atoms with Crippen LogP contribution in [0.25, 0.3) is 0 Å². The van der Waals surface area contributed by atoms with Gasteiger partial charge in [0.1, 0.15) is 6.61 Å². The maximum atomic E-state index is 12.0. The van der Waals surface area contributed by atoms with E-state index in [9.17, 15) is 14.7 Å². The van der Waals surface area contributed by atoms with E-state index in [-0.39, 0.29) is 6.61 Å². The number of halogens is 1. The van der Waals surface area contributed by atoms with E-state index in [1.54, 1.807) is 11.6 Å². The second-order valence-corrected chi connectivity index (χ2v) is 6.48. The third kappa shape index (κ3) is 4.60. The monoisotopic (exact) mass is 409 g/mol. The van der Waals surface area contributed by atoms with Crippen molar-refractivity contribution in [2.24, 2.45) is 0 Å². The molecule has 0 bridgehead atoms.